The molecule has 5 heterocycles. The second-order valence-corrected chi connectivity index (χ2v) is 9.30. The van der Waals surface area contributed by atoms with Gasteiger partial charge in [0.2, 0.25) is 11.8 Å². The topological polar surface area (TPSA) is 133 Å². The summed E-state index contributed by atoms with van der Waals surface area (Å²) in [5, 5.41) is 14.6. The number of rotatable bonds is 6. The summed E-state index contributed by atoms with van der Waals surface area (Å²) in [5.41, 5.74) is 4.13. The number of hydrogen-bond donors (Lipinski definition) is 3. The molecule has 0 aromatic carbocycles. The third-order valence-corrected chi connectivity index (χ3v) is 7.16. The van der Waals surface area contributed by atoms with E-state index in [9.17, 15) is 19.1 Å². The van der Waals surface area contributed by atoms with E-state index in [1.54, 1.807) is 29.3 Å². The molecule has 188 valence electrons. The van der Waals surface area contributed by atoms with Crippen LogP contribution in [0.15, 0.2) is 35.4 Å². The van der Waals surface area contributed by atoms with Crippen molar-refractivity contribution in [2.24, 2.45) is 0 Å². The predicted octanol–water partition coefficient (Wildman–Crippen LogP) is 1.21. The average molecular weight is 514 g/mol. The van der Waals surface area contributed by atoms with Gasteiger partial charge in [0.15, 0.2) is 0 Å². The maximum atomic E-state index is 14.9. The average Bonchev–Trinajstić information content (AvgIpc) is 2.90. The van der Waals surface area contributed by atoms with Gasteiger partial charge in [0.25, 0.3) is 5.91 Å². The van der Waals surface area contributed by atoms with Gasteiger partial charge in [-0.15, -0.1) is 11.8 Å². The number of pyridine rings is 3. The van der Waals surface area contributed by atoms with Crippen LogP contribution < -0.4 is 15.5 Å². The Morgan fingerprint density at radius 3 is 2.81 bits per heavy atom. The molecule has 3 N–H and O–H groups in total. The number of aliphatic hydroxyl groups is 1. The molecule has 5 rings (SSSR count). The van der Waals surface area contributed by atoms with Gasteiger partial charge in [0.05, 0.1) is 42.1 Å². The summed E-state index contributed by atoms with van der Waals surface area (Å²) in [6.45, 7) is 1.50. The highest BCUT2D eigenvalue weighted by molar-refractivity contribution is 8.00. The summed E-state index contributed by atoms with van der Waals surface area (Å²) in [4.78, 5) is 39.9. The summed E-state index contributed by atoms with van der Waals surface area (Å²) in [6.07, 6.45) is 1.14. The van der Waals surface area contributed by atoms with Crippen LogP contribution in [-0.2, 0) is 4.79 Å². The zero-order chi connectivity index (χ0) is 25.2. The fourth-order valence-corrected chi connectivity index (χ4v) is 5.06. The van der Waals surface area contributed by atoms with Crippen LogP contribution >= 0.6 is 11.8 Å². The molecule has 0 spiro atoms. The number of thioether (sulfide) groups is 1. The highest BCUT2D eigenvalue weighted by Crippen LogP contribution is 2.31. The Labute approximate surface area is 210 Å². The van der Waals surface area contributed by atoms with E-state index in [4.69, 9.17) is 4.74 Å². The van der Waals surface area contributed by atoms with Crippen molar-refractivity contribution in [3.05, 3.63) is 47.5 Å². The largest absolute Gasteiger partial charge is 0.481 e. The number of hydrazine groups is 1. The van der Waals surface area contributed by atoms with Gasteiger partial charge in [-0.3, -0.25) is 24.9 Å². The van der Waals surface area contributed by atoms with E-state index >= 15 is 0 Å². The third-order valence-electron chi connectivity index (χ3n) is 6.12. The smallest absolute Gasteiger partial charge is 0.284 e. The monoisotopic (exact) mass is 513 g/mol. The third kappa shape index (κ3) is 4.82. The van der Waals surface area contributed by atoms with Gasteiger partial charge in [0, 0.05) is 37.8 Å². The first-order chi connectivity index (χ1) is 17.5. The van der Waals surface area contributed by atoms with Gasteiger partial charge in [0.1, 0.15) is 22.8 Å². The van der Waals surface area contributed by atoms with Crippen LogP contribution in [0.1, 0.15) is 22.1 Å². The van der Waals surface area contributed by atoms with E-state index in [-0.39, 0.29) is 23.8 Å². The minimum absolute atomic E-state index is 0.154. The zero-order valence-corrected chi connectivity index (χ0v) is 20.2. The Bertz CT molecular complexity index is 1320. The fourth-order valence-electron chi connectivity index (χ4n) is 4.30. The molecule has 2 aliphatic heterocycles. The molecule has 1 fully saturated rings. The number of carbonyl (C=O) groups is 2. The molecule has 0 aliphatic carbocycles. The summed E-state index contributed by atoms with van der Waals surface area (Å²) >= 11 is 1.37. The SMILES string of the molecule is COc1ccc2ncc(F)c(C(CO)N3CCN(NC(=O)c4ccc5c(n4)NC(=O)CS5)CC3)c2n1. The Kier molecular flexibility index (Phi) is 6.96. The van der Waals surface area contributed by atoms with Crippen molar-refractivity contribution in [3.63, 3.8) is 0 Å². The van der Waals surface area contributed by atoms with Gasteiger partial charge in [-0.1, -0.05) is 0 Å². The van der Waals surface area contributed by atoms with Crippen molar-refractivity contribution in [1.82, 2.24) is 30.3 Å². The van der Waals surface area contributed by atoms with Crippen molar-refractivity contribution >= 4 is 40.4 Å². The molecule has 0 saturated carbocycles. The molecular formula is C23H24FN7O4S. The molecular weight excluding hydrogens is 489 g/mol. The lowest BCUT2D eigenvalue weighted by molar-refractivity contribution is -0.113. The molecule has 36 heavy (non-hydrogen) atoms. The van der Waals surface area contributed by atoms with Crippen molar-refractivity contribution < 1.29 is 23.8 Å². The molecule has 0 radical (unpaired) electrons. The first-order valence-corrected chi connectivity index (χ1v) is 12.3. The Morgan fingerprint density at radius 1 is 1.25 bits per heavy atom. The predicted molar refractivity (Wildman–Crippen MR) is 130 cm³/mol. The maximum absolute atomic E-state index is 14.9. The van der Waals surface area contributed by atoms with Crippen LogP contribution in [0.3, 0.4) is 0 Å². The van der Waals surface area contributed by atoms with Crippen molar-refractivity contribution in [3.8, 4) is 5.88 Å². The Hall–Kier alpha value is -3.39. The zero-order valence-electron chi connectivity index (χ0n) is 19.4. The minimum atomic E-state index is -0.642. The number of nitrogens with zero attached hydrogens (tertiary/aromatic N) is 5. The number of halogens is 1. The first kappa shape index (κ1) is 24.3. The van der Waals surface area contributed by atoms with E-state index < -0.39 is 17.8 Å². The van der Waals surface area contributed by atoms with Gasteiger partial charge in [-0.25, -0.2) is 19.4 Å². The van der Waals surface area contributed by atoms with Crippen LogP contribution in [-0.4, -0.2) is 87.4 Å². The molecule has 11 nitrogen and oxygen atoms in total. The summed E-state index contributed by atoms with van der Waals surface area (Å²) in [7, 11) is 1.48. The molecule has 3 aromatic rings. The second kappa shape index (κ2) is 10.3. The molecule has 0 bridgehead atoms. The van der Waals surface area contributed by atoms with E-state index in [0.29, 0.717) is 54.7 Å². The molecule has 13 heteroatoms. The number of aromatic nitrogens is 3. The van der Waals surface area contributed by atoms with E-state index in [2.05, 4.69) is 25.7 Å². The number of ether oxygens (including phenoxy) is 1. The van der Waals surface area contributed by atoms with Gasteiger partial charge < -0.3 is 15.2 Å². The lowest BCUT2D eigenvalue weighted by Crippen LogP contribution is -2.54. The first-order valence-electron chi connectivity index (χ1n) is 11.3. The number of piperazine rings is 1. The number of hydrogen-bond acceptors (Lipinski definition) is 10. The molecule has 2 amide bonds. The number of carbonyl (C=O) groups excluding carboxylic acids is 2. The maximum Gasteiger partial charge on any atom is 0.284 e. The van der Waals surface area contributed by atoms with Crippen molar-refractivity contribution in [1.29, 1.82) is 0 Å². The Morgan fingerprint density at radius 2 is 2.06 bits per heavy atom. The lowest BCUT2D eigenvalue weighted by Gasteiger charge is -2.38. The van der Waals surface area contributed by atoms with Crippen LogP contribution in [0.2, 0.25) is 0 Å². The van der Waals surface area contributed by atoms with E-state index in [0.717, 1.165) is 11.1 Å². The summed E-state index contributed by atoms with van der Waals surface area (Å²) < 4.78 is 20.1. The van der Waals surface area contributed by atoms with Crippen LogP contribution in [0.25, 0.3) is 11.0 Å². The van der Waals surface area contributed by atoms with E-state index in [1.165, 1.54) is 18.9 Å². The van der Waals surface area contributed by atoms with E-state index in [1.807, 2.05) is 4.90 Å². The van der Waals surface area contributed by atoms with Crippen LogP contribution in [0.4, 0.5) is 10.2 Å². The summed E-state index contributed by atoms with van der Waals surface area (Å²) in [5.74, 6) is -0.0638. The number of nitrogens with one attached hydrogen (secondary N) is 2. The fraction of sp³-hybridized carbons (Fsp3) is 0.348. The molecule has 1 saturated heterocycles. The Balaban J connectivity index is 1.27. The normalized spacial score (nSPS) is 17.4. The number of anilines is 1. The van der Waals surface area contributed by atoms with Crippen LogP contribution in [0, 0.1) is 5.82 Å². The van der Waals surface area contributed by atoms with Gasteiger partial charge >= 0.3 is 0 Å². The van der Waals surface area contributed by atoms with Crippen LogP contribution in [0.5, 0.6) is 5.88 Å². The van der Waals surface area contributed by atoms with Crippen molar-refractivity contribution in [2.45, 2.75) is 10.9 Å². The highest BCUT2D eigenvalue weighted by Gasteiger charge is 2.30. The van der Waals surface area contributed by atoms with Gasteiger partial charge in [-0.05, 0) is 18.2 Å². The standard InChI is InChI=1S/C23H24FN7O4S/c1-35-19-5-3-14-21(28-19)20(13(24)10-25-14)16(11-32)30-6-8-31(9-7-30)29-23(34)15-2-4-17-22(26-15)27-18(33)12-36-17/h2-5,10,16,32H,6-9,11-12H2,1H3,(H,29,34)(H,26,27,33). The second-order valence-electron chi connectivity index (χ2n) is 8.28. The minimum Gasteiger partial charge on any atom is -0.481 e. The highest BCUT2D eigenvalue weighted by atomic mass is 32.2. The molecule has 1 atom stereocenters. The number of amides is 2. The number of fused-ring (bicyclic) bond motifs is 2. The lowest BCUT2D eigenvalue weighted by atomic mass is 10.0. The number of aliphatic hydroxyl groups excluding tert-OH is 1. The number of methoxy groups -OCH3 is 1. The molecule has 3 aromatic heterocycles. The molecule has 2 aliphatic rings. The van der Waals surface area contributed by atoms with Gasteiger partial charge in [-0.2, -0.15) is 0 Å². The quantitative estimate of drug-likeness (QED) is 0.442. The molecule has 1 unspecified atom stereocenters. The summed E-state index contributed by atoms with van der Waals surface area (Å²) in [6, 6.07) is 6.09. The van der Waals surface area contributed by atoms with Crippen molar-refractivity contribution in [2.75, 3.05) is 51.0 Å².